The van der Waals surface area contributed by atoms with Crippen molar-refractivity contribution in [1.82, 2.24) is 24.8 Å². The predicted molar refractivity (Wildman–Crippen MR) is 114 cm³/mol. The smallest absolute Gasteiger partial charge is 0.225 e. The summed E-state index contributed by atoms with van der Waals surface area (Å²) in [5, 5.41) is 7.06. The summed E-state index contributed by atoms with van der Waals surface area (Å²) >= 11 is 0. The van der Waals surface area contributed by atoms with Gasteiger partial charge in [0, 0.05) is 69.3 Å². The molecule has 150 valence electrons. The zero-order valence-corrected chi connectivity index (χ0v) is 16.8. The summed E-state index contributed by atoms with van der Waals surface area (Å²) < 4.78 is 0. The number of anilines is 2. The monoisotopic (exact) mass is 381 g/mol. The second-order valence-corrected chi connectivity index (χ2v) is 7.90. The second kappa shape index (κ2) is 9.30. The molecular weight excluding hydrogens is 350 g/mol. The van der Waals surface area contributed by atoms with E-state index in [-0.39, 0.29) is 0 Å². The van der Waals surface area contributed by atoms with E-state index in [1.54, 1.807) is 0 Å². The van der Waals surface area contributed by atoms with Gasteiger partial charge in [-0.05, 0) is 32.0 Å². The molecule has 2 fully saturated rings. The molecule has 1 aliphatic heterocycles. The van der Waals surface area contributed by atoms with E-state index in [0.29, 0.717) is 6.04 Å². The Balaban J connectivity index is 1.43. The molecule has 3 heterocycles. The van der Waals surface area contributed by atoms with Crippen molar-refractivity contribution in [2.45, 2.75) is 31.7 Å². The van der Waals surface area contributed by atoms with Crippen LogP contribution in [0, 0.1) is 0 Å². The molecule has 2 aromatic rings. The topological polar surface area (TPSA) is 69.2 Å². The summed E-state index contributed by atoms with van der Waals surface area (Å²) in [5.41, 5.74) is 1.99. The lowest BCUT2D eigenvalue weighted by Crippen LogP contribution is -2.45. The largest absolute Gasteiger partial charge is 0.369 e. The average molecular weight is 382 g/mol. The minimum atomic E-state index is 0.492. The predicted octanol–water partition coefficient (Wildman–Crippen LogP) is 2.55. The van der Waals surface area contributed by atoms with Gasteiger partial charge in [-0.25, -0.2) is 4.98 Å². The molecule has 2 aromatic heterocycles. The van der Waals surface area contributed by atoms with Crippen molar-refractivity contribution in [3.05, 3.63) is 30.6 Å². The van der Waals surface area contributed by atoms with Crippen LogP contribution in [0.2, 0.25) is 0 Å². The fourth-order valence-corrected chi connectivity index (χ4v) is 3.94. The van der Waals surface area contributed by atoms with E-state index in [2.05, 4.69) is 32.5 Å². The molecule has 7 heteroatoms. The van der Waals surface area contributed by atoms with Crippen molar-refractivity contribution in [2.75, 3.05) is 56.9 Å². The van der Waals surface area contributed by atoms with Crippen LogP contribution >= 0.6 is 0 Å². The number of aromatic nitrogens is 3. The molecule has 4 rings (SSSR count). The van der Waals surface area contributed by atoms with Crippen LogP contribution in [0.25, 0.3) is 11.3 Å². The standard InChI is InChI=1S/C21H31N7/c1-27-12-14-28(15-13-27)11-10-23-20-16-19(17-6-8-22-9-7-17)25-21(26-20)24-18-4-2-3-5-18/h6-9,16,18H,2-5,10-15H2,1H3,(H2,23,24,25,26). The van der Waals surface area contributed by atoms with Gasteiger partial charge in [0.15, 0.2) is 0 Å². The fourth-order valence-electron chi connectivity index (χ4n) is 3.94. The molecule has 2 aliphatic rings. The maximum Gasteiger partial charge on any atom is 0.225 e. The van der Waals surface area contributed by atoms with Gasteiger partial charge in [0.2, 0.25) is 5.95 Å². The van der Waals surface area contributed by atoms with Gasteiger partial charge in [-0.3, -0.25) is 9.88 Å². The van der Waals surface area contributed by atoms with Crippen LogP contribution in [0.5, 0.6) is 0 Å². The molecule has 0 amide bonds. The van der Waals surface area contributed by atoms with Crippen molar-refractivity contribution in [1.29, 1.82) is 0 Å². The summed E-state index contributed by atoms with van der Waals surface area (Å²) in [5.74, 6) is 1.61. The van der Waals surface area contributed by atoms with E-state index in [0.717, 1.165) is 62.3 Å². The highest BCUT2D eigenvalue weighted by molar-refractivity contribution is 5.64. The first-order chi connectivity index (χ1) is 13.8. The summed E-state index contributed by atoms with van der Waals surface area (Å²) in [6.07, 6.45) is 8.60. The first kappa shape index (κ1) is 19.1. The maximum atomic E-state index is 4.77. The molecule has 28 heavy (non-hydrogen) atoms. The van der Waals surface area contributed by atoms with Crippen LogP contribution in [0.15, 0.2) is 30.6 Å². The van der Waals surface area contributed by atoms with Crippen molar-refractivity contribution in [3.63, 3.8) is 0 Å². The lowest BCUT2D eigenvalue weighted by molar-refractivity contribution is 0.158. The van der Waals surface area contributed by atoms with Crippen LogP contribution < -0.4 is 10.6 Å². The van der Waals surface area contributed by atoms with Crippen LogP contribution in [-0.2, 0) is 0 Å². The Bertz CT molecular complexity index is 738. The van der Waals surface area contributed by atoms with E-state index in [9.17, 15) is 0 Å². The normalized spacial score (nSPS) is 19.0. The Kier molecular flexibility index (Phi) is 6.34. The maximum absolute atomic E-state index is 4.77. The van der Waals surface area contributed by atoms with Gasteiger partial charge in [-0.2, -0.15) is 4.98 Å². The number of hydrogen-bond acceptors (Lipinski definition) is 7. The molecule has 1 aliphatic carbocycles. The SMILES string of the molecule is CN1CCN(CCNc2cc(-c3ccncc3)nc(NC3CCCC3)n2)CC1. The Hall–Kier alpha value is -2.25. The molecule has 0 spiro atoms. The van der Waals surface area contributed by atoms with Crippen molar-refractivity contribution in [2.24, 2.45) is 0 Å². The van der Waals surface area contributed by atoms with Gasteiger partial charge in [-0.1, -0.05) is 12.8 Å². The lowest BCUT2D eigenvalue weighted by Gasteiger charge is -2.32. The van der Waals surface area contributed by atoms with E-state index < -0.39 is 0 Å². The number of rotatable bonds is 7. The van der Waals surface area contributed by atoms with Gasteiger partial charge >= 0.3 is 0 Å². The number of hydrogen-bond donors (Lipinski definition) is 2. The third kappa shape index (κ3) is 5.17. The highest BCUT2D eigenvalue weighted by Crippen LogP contribution is 2.24. The van der Waals surface area contributed by atoms with Crippen LogP contribution in [0.3, 0.4) is 0 Å². The first-order valence-electron chi connectivity index (χ1n) is 10.5. The van der Waals surface area contributed by atoms with Crippen LogP contribution in [0.1, 0.15) is 25.7 Å². The van der Waals surface area contributed by atoms with Crippen LogP contribution in [-0.4, -0.2) is 77.1 Å². The highest BCUT2D eigenvalue weighted by Gasteiger charge is 2.17. The Morgan fingerprint density at radius 2 is 1.79 bits per heavy atom. The molecule has 1 saturated carbocycles. The van der Waals surface area contributed by atoms with Crippen LogP contribution in [0.4, 0.5) is 11.8 Å². The van der Waals surface area contributed by atoms with E-state index in [1.807, 2.05) is 30.6 Å². The third-order valence-electron chi connectivity index (χ3n) is 5.72. The van der Waals surface area contributed by atoms with Crippen molar-refractivity contribution >= 4 is 11.8 Å². The minimum absolute atomic E-state index is 0.492. The van der Waals surface area contributed by atoms with Crippen molar-refractivity contribution in [3.8, 4) is 11.3 Å². The Labute approximate surface area is 167 Å². The number of nitrogens with one attached hydrogen (secondary N) is 2. The molecule has 1 saturated heterocycles. The summed E-state index contributed by atoms with van der Waals surface area (Å²) in [4.78, 5) is 18.5. The summed E-state index contributed by atoms with van der Waals surface area (Å²) in [7, 11) is 2.19. The first-order valence-corrected chi connectivity index (χ1v) is 10.5. The highest BCUT2D eigenvalue weighted by atomic mass is 15.3. The summed E-state index contributed by atoms with van der Waals surface area (Å²) in [6, 6.07) is 6.52. The van der Waals surface area contributed by atoms with Crippen molar-refractivity contribution < 1.29 is 0 Å². The zero-order chi connectivity index (χ0) is 19.2. The molecule has 0 radical (unpaired) electrons. The van der Waals surface area contributed by atoms with Gasteiger partial charge in [-0.15, -0.1) is 0 Å². The molecule has 0 atom stereocenters. The van der Waals surface area contributed by atoms with Gasteiger partial charge in [0.05, 0.1) is 5.69 Å². The molecule has 0 unspecified atom stereocenters. The number of likely N-dealkylation sites (N-methyl/N-ethyl adjacent to an activating group) is 1. The molecule has 2 N–H and O–H groups in total. The van der Waals surface area contributed by atoms with Gasteiger partial charge in [0.25, 0.3) is 0 Å². The molecular formula is C21H31N7. The minimum Gasteiger partial charge on any atom is -0.369 e. The zero-order valence-electron chi connectivity index (χ0n) is 16.8. The lowest BCUT2D eigenvalue weighted by atomic mass is 10.2. The fraction of sp³-hybridized carbons (Fsp3) is 0.571. The number of nitrogens with zero attached hydrogens (tertiary/aromatic N) is 5. The average Bonchev–Trinajstić information content (AvgIpc) is 3.23. The molecule has 0 aromatic carbocycles. The Morgan fingerprint density at radius 1 is 1.04 bits per heavy atom. The number of pyridine rings is 1. The Morgan fingerprint density at radius 3 is 2.54 bits per heavy atom. The third-order valence-corrected chi connectivity index (χ3v) is 5.72. The van der Waals surface area contributed by atoms with E-state index >= 15 is 0 Å². The molecule has 0 bridgehead atoms. The van der Waals surface area contributed by atoms with E-state index in [1.165, 1.54) is 25.7 Å². The summed E-state index contributed by atoms with van der Waals surface area (Å²) in [6.45, 7) is 6.49. The van der Waals surface area contributed by atoms with Gasteiger partial charge in [0.1, 0.15) is 5.82 Å². The molecule has 7 nitrogen and oxygen atoms in total. The van der Waals surface area contributed by atoms with Gasteiger partial charge < -0.3 is 15.5 Å². The quantitative estimate of drug-likeness (QED) is 0.764. The number of piperazine rings is 1. The second-order valence-electron chi connectivity index (χ2n) is 7.90. The van der Waals surface area contributed by atoms with E-state index in [4.69, 9.17) is 9.97 Å².